The summed E-state index contributed by atoms with van der Waals surface area (Å²) in [6, 6.07) is 43.4. The predicted molar refractivity (Wildman–Crippen MR) is 454 cm³/mol. The van der Waals surface area contributed by atoms with Crippen LogP contribution < -0.4 is 0 Å². The third kappa shape index (κ3) is 4.66. The third-order valence-corrected chi connectivity index (χ3v) is 34.3. The highest BCUT2D eigenvalue weighted by atomic mass is 14.7. The van der Waals surface area contributed by atoms with Gasteiger partial charge >= 0.3 is 0 Å². The first-order valence-electron chi connectivity index (χ1n) is 42.7. The Morgan fingerprint density at radius 3 is 1.29 bits per heavy atom. The molecule has 4 atom stereocenters. The lowest BCUT2D eigenvalue weighted by Gasteiger charge is -2.59. The molecule has 34 rings (SSSR count). The minimum Gasteiger partial charge on any atom is -0.0675 e. The van der Waals surface area contributed by atoms with E-state index in [4.69, 9.17) is 0 Å². The third-order valence-electron chi connectivity index (χ3n) is 34.3. The molecule has 22 aromatic rings. The summed E-state index contributed by atoms with van der Waals surface area (Å²) in [5, 5.41) is 57.9. The van der Waals surface area contributed by atoms with E-state index >= 15 is 0 Å². The van der Waals surface area contributed by atoms with E-state index in [0.29, 0.717) is 0 Å². The van der Waals surface area contributed by atoms with Crippen LogP contribution in [0.2, 0.25) is 0 Å². The fourth-order valence-corrected chi connectivity index (χ4v) is 31.6. The maximum Gasteiger partial charge on any atom is 0.0683 e. The highest BCUT2D eigenvalue weighted by molar-refractivity contribution is 6.64. The minimum atomic E-state index is -0.635. The number of hydrogen-bond acceptors (Lipinski definition) is 0. The molecule has 0 aromatic heterocycles. The first-order valence-corrected chi connectivity index (χ1v) is 42.7. The number of aryl methyl sites for hydroxylation is 2. The summed E-state index contributed by atoms with van der Waals surface area (Å²) in [7, 11) is 0. The molecule has 0 heteroatoms. The van der Waals surface area contributed by atoms with E-state index in [1.807, 2.05) is 0 Å². The van der Waals surface area contributed by atoms with Gasteiger partial charge in [-0.3, -0.25) is 0 Å². The minimum absolute atomic E-state index is 0.390. The molecule has 0 N–H and O–H groups in total. The topological polar surface area (TPSA) is 0 Å². The Labute approximate surface area is 621 Å². The maximum absolute atomic E-state index is 3.21. The molecule has 502 valence electrons. The van der Waals surface area contributed by atoms with Gasteiger partial charge in [-0.25, -0.2) is 0 Å². The fraction of sp³-hybridized carbons (Fsp3) is 0.259. The van der Waals surface area contributed by atoms with Crippen LogP contribution in [0.3, 0.4) is 0 Å². The van der Waals surface area contributed by atoms with Crippen LogP contribution in [0.1, 0.15) is 215 Å². The highest BCUT2D eigenvalue weighted by Crippen LogP contribution is 2.83. The quantitative estimate of drug-likeness (QED) is 0.0430. The van der Waals surface area contributed by atoms with Crippen LogP contribution in [0.25, 0.3) is 205 Å². The van der Waals surface area contributed by atoms with Crippen molar-refractivity contribution in [3.8, 4) is 0 Å². The summed E-state index contributed by atoms with van der Waals surface area (Å²) in [6.45, 7) is 4.69. The Kier molecular flexibility index (Phi) is 7.86. The van der Waals surface area contributed by atoms with Crippen molar-refractivity contribution in [1.82, 2.24) is 0 Å². The zero-order valence-electron chi connectivity index (χ0n) is 61.1. The van der Waals surface area contributed by atoms with Crippen LogP contribution in [-0.2, 0) is 73.0 Å². The van der Waals surface area contributed by atoms with E-state index < -0.39 is 21.7 Å². The Balaban J connectivity index is 0.750. The van der Waals surface area contributed by atoms with Gasteiger partial charge in [0.25, 0.3) is 0 Å². The standard InChI is InChI=1S/C108H70/c1-3-5-7-9-11-13-15-17-45-19-23-61(24-20-45)105-41-59-37-56-32-50-28-47-29-52-33-51-35-57-39-64(43-105)108(100-76(57)70(51)83-72(52)79-65(47)66(50)80-73(56)84-77(59)101(105)104(108)98-91(84)87(80)86(79)90(83)97(98)100)106-42-60-38-55-34-53-30-48-27-49-31-54-36-58-40-63(44-106)107(62-25-21-46(22-26-62)18-16-14-12-10-8-6-4-2)99(58)94-74(54)82-68(49)67(48)78-71(53)81-69(55)75(60)95-93-88(81)85(78)89(82)92(94)96(93)103(107)102(95)106/h19-26,29-34,36-37,39,42-44H,3-18,27-28,35,38,40-41H2,1-2H3. The van der Waals surface area contributed by atoms with Crippen molar-refractivity contribution in [3.63, 3.8) is 0 Å². The van der Waals surface area contributed by atoms with Gasteiger partial charge < -0.3 is 0 Å². The molecule has 12 aliphatic rings. The molecule has 0 nitrogen and oxygen atoms in total. The van der Waals surface area contributed by atoms with Crippen molar-refractivity contribution < 1.29 is 0 Å². The van der Waals surface area contributed by atoms with Gasteiger partial charge in [-0.05, 0) is 392 Å². The van der Waals surface area contributed by atoms with Crippen LogP contribution in [0.5, 0.6) is 0 Å². The molecule has 0 radical (unpaired) electrons. The maximum atomic E-state index is 3.21. The van der Waals surface area contributed by atoms with E-state index in [9.17, 15) is 0 Å². The van der Waals surface area contributed by atoms with E-state index in [1.54, 1.807) is 284 Å². The molecule has 0 bridgehead atoms. The number of benzene rings is 17. The second-order valence-electron chi connectivity index (χ2n) is 38.3. The van der Waals surface area contributed by atoms with Gasteiger partial charge in [-0.2, -0.15) is 0 Å². The van der Waals surface area contributed by atoms with Crippen molar-refractivity contribution in [1.29, 1.82) is 0 Å². The van der Waals surface area contributed by atoms with E-state index in [1.165, 1.54) is 134 Å². The summed E-state index contributed by atoms with van der Waals surface area (Å²) < 4.78 is 0. The lowest BCUT2D eigenvalue weighted by molar-refractivity contribution is 0.415. The van der Waals surface area contributed by atoms with Crippen LogP contribution in [-0.4, -0.2) is 0 Å². The molecule has 108 heavy (non-hydrogen) atoms. The van der Waals surface area contributed by atoms with E-state index in [0.717, 1.165) is 51.4 Å². The van der Waals surface area contributed by atoms with Gasteiger partial charge in [0.1, 0.15) is 0 Å². The van der Waals surface area contributed by atoms with Crippen molar-refractivity contribution in [2.75, 3.05) is 0 Å². The lowest BCUT2D eigenvalue weighted by atomic mass is 9.42. The second-order valence-corrected chi connectivity index (χ2v) is 38.3. The zero-order valence-corrected chi connectivity index (χ0v) is 61.1. The van der Waals surface area contributed by atoms with Gasteiger partial charge in [0, 0.05) is 5.41 Å². The molecule has 4 unspecified atom stereocenters. The summed E-state index contributed by atoms with van der Waals surface area (Å²) in [6.07, 6.45) is 39.5. The van der Waals surface area contributed by atoms with Crippen molar-refractivity contribution >= 4 is 205 Å². The number of unbranched alkanes of at least 4 members (excludes halogenated alkanes) is 12. The largest absolute Gasteiger partial charge is 0.0683 e. The normalized spacial score (nSPS) is 22.7. The van der Waals surface area contributed by atoms with Gasteiger partial charge in [0.15, 0.2) is 0 Å². The predicted octanol–water partition coefficient (Wildman–Crippen LogP) is 27.5. The first kappa shape index (κ1) is 53.4. The Morgan fingerprint density at radius 2 is 0.704 bits per heavy atom. The second kappa shape index (κ2) is 15.9. The van der Waals surface area contributed by atoms with Gasteiger partial charge in [-0.15, -0.1) is 0 Å². The van der Waals surface area contributed by atoms with Crippen LogP contribution >= 0.6 is 0 Å². The Morgan fingerprint density at radius 1 is 0.278 bits per heavy atom. The molecule has 22 aromatic carbocycles. The smallest absolute Gasteiger partial charge is 0.0675 e. The Hall–Kier alpha value is -10.4. The van der Waals surface area contributed by atoms with Crippen LogP contribution in [0.15, 0.2) is 133 Å². The van der Waals surface area contributed by atoms with Crippen molar-refractivity contribution in [2.24, 2.45) is 0 Å². The first-order chi connectivity index (χ1) is 53.4. The molecular formula is C108H70. The van der Waals surface area contributed by atoms with Crippen molar-refractivity contribution in [2.45, 2.75) is 177 Å². The summed E-state index contributed by atoms with van der Waals surface area (Å²) in [5.41, 5.74) is 36.5. The summed E-state index contributed by atoms with van der Waals surface area (Å²) in [5.74, 6) is 0. The number of rotatable bonds is 19. The average Bonchev–Trinajstić information content (AvgIpc) is 1.41. The van der Waals surface area contributed by atoms with Gasteiger partial charge in [-0.1, -0.05) is 212 Å². The Bertz CT molecular complexity index is 8450. The number of allylic oxidation sites excluding steroid dienone is 8. The van der Waals surface area contributed by atoms with Crippen molar-refractivity contribution in [3.05, 3.63) is 244 Å². The highest BCUT2D eigenvalue weighted by Gasteiger charge is 2.72. The molecular weight excluding hydrogens is 1300 g/mol. The zero-order chi connectivity index (χ0) is 68.3. The number of hydrogen-bond donors (Lipinski definition) is 0. The van der Waals surface area contributed by atoms with E-state index in [-0.39, 0.29) is 0 Å². The molecule has 0 amide bonds. The van der Waals surface area contributed by atoms with Gasteiger partial charge in [0.2, 0.25) is 0 Å². The molecule has 12 aliphatic carbocycles. The average molecular weight is 1370 g/mol. The molecule has 0 saturated carbocycles. The summed E-state index contributed by atoms with van der Waals surface area (Å²) >= 11 is 0. The SMILES string of the molecule is CCCCCCCCCc1ccc(C23C=C4C=C5Cc6cc7cc8c9c%10c(cc%11cc(c%12c2c2c%13c%14c(c5c6c5c7c9c(c%145)c5c%10c%11c%12c%135)C42C24C=C5Cc6cc7cc9c%10c%11c(cc%12cc%13c%14c%15c%12c%11c%11c%15c%12c(c2c2c5c6c5c7c%10c%11c5c2%12)C%14(c2ccc(CCCCCCCCC)cc2)C(=C4)C%13)C9)C3)C8)cc1. The van der Waals surface area contributed by atoms with Crippen LogP contribution in [0, 0.1) is 0 Å². The molecule has 0 heterocycles. The van der Waals surface area contributed by atoms with E-state index in [2.05, 4.69) is 135 Å². The molecule has 0 fully saturated rings. The monoisotopic (exact) mass is 1370 g/mol. The van der Waals surface area contributed by atoms with Crippen LogP contribution in [0.4, 0.5) is 0 Å². The molecule has 0 spiro atoms. The molecule has 0 saturated heterocycles. The van der Waals surface area contributed by atoms with Gasteiger partial charge in [0.05, 0.1) is 16.2 Å². The molecule has 0 aliphatic heterocycles. The lowest BCUT2D eigenvalue weighted by Crippen LogP contribution is -2.56. The fourth-order valence-electron chi connectivity index (χ4n) is 31.6. The summed E-state index contributed by atoms with van der Waals surface area (Å²) in [4.78, 5) is 0.